The van der Waals surface area contributed by atoms with Crippen LogP contribution in [0.4, 0.5) is 0 Å². The van der Waals surface area contributed by atoms with Crippen molar-refractivity contribution in [1.29, 1.82) is 0 Å². The zero-order valence-electron chi connectivity index (χ0n) is 12.3. The van der Waals surface area contributed by atoms with Crippen molar-refractivity contribution in [3.05, 3.63) is 29.3 Å². The minimum atomic E-state index is -3.73. The molecule has 1 N–H and O–H groups in total. The maximum atomic E-state index is 12.7. The van der Waals surface area contributed by atoms with Gasteiger partial charge in [-0.05, 0) is 38.5 Å². The van der Waals surface area contributed by atoms with E-state index in [1.165, 1.54) is 29.4 Å². The fraction of sp³-hybridized carbons (Fsp3) is 0.500. The fourth-order valence-electron chi connectivity index (χ4n) is 2.44. The Balaban J connectivity index is 2.45. The summed E-state index contributed by atoms with van der Waals surface area (Å²) in [6.45, 7) is 6.00. The summed E-state index contributed by atoms with van der Waals surface area (Å²) in [6.07, 6.45) is 0. The molecular formula is C14H19NO5S. The molecular weight excluding hydrogens is 294 g/mol. The first kappa shape index (κ1) is 15.9. The molecule has 1 saturated heterocycles. The Kier molecular flexibility index (Phi) is 4.10. The van der Waals surface area contributed by atoms with Crippen molar-refractivity contribution < 1.29 is 23.1 Å². The summed E-state index contributed by atoms with van der Waals surface area (Å²) in [5.41, 5.74) is -0.290. The minimum absolute atomic E-state index is 0.00333. The average Bonchev–Trinajstić information content (AvgIpc) is 2.37. The van der Waals surface area contributed by atoms with Crippen LogP contribution in [0, 0.1) is 6.92 Å². The highest BCUT2D eigenvalue weighted by atomic mass is 32.2. The molecule has 1 aromatic carbocycles. The zero-order chi connectivity index (χ0) is 15.8. The molecule has 0 aliphatic carbocycles. The van der Waals surface area contributed by atoms with Gasteiger partial charge in [0, 0.05) is 13.1 Å². The summed E-state index contributed by atoms with van der Waals surface area (Å²) in [5.74, 6) is -1.13. The van der Waals surface area contributed by atoms with Crippen LogP contribution in [-0.4, -0.2) is 49.1 Å². The van der Waals surface area contributed by atoms with Gasteiger partial charge in [0.2, 0.25) is 10.0 Å². The Labute approximate surface area is 124 Å². The summed E-state index contributed by atoms with van der Waals surface area (Å²) < 4.78 is 32.4. The summed E-state index contributed by atoms with van der Waals surface area (Å²) in [7, 11) is -3.73. The number of sulfonamides is 1. The van der Waals surface area contributed by atoms with Gasteiger partial charge in [0.1, 0.15) is 0 Å². The van der Waals surface area contributed by atoms with Crippen molar-refractivity contribution in [2.75, 3.05) is 19.7 Å². The Hall–Kier alpha value is -1.44. The number of nitrogens with zero attached hydrogens (tertiary/aromatic N) is 1. The Morgan fingerprint density at radius 2 is 2.05 bits per heavy atom. The molecule has 0 unspecified atom stereocenters. The minimum Gasteiger partial charge on any atom is -0.478 e. The molecule has 0 saturated carbocycles. The SMILES string of the molecule is Cc1c(C(=O)O)cccc1S(=O)(=O)N1CCOC(C)(C)C1. The van der Waals surface area contributed by atoms with Gasteiger partial charge in [-0.1, -0.05) is 6.07 Å². The number of carboxylic acids is 1. The maximum Gasteiger partial charge on any atom is 0.335 e. The van der Waals surface area contributed by atoms with Gasteiger partial charge in [0.05, 0.1) is 22.7 Å². The summed E-state index contributed by atoms with van der Waals surface area (Å²) in [4.78, 5) is 11.2. The van der Waals surface area contributed by atoms with Crippen LogP contribution in [0.3, 0.4) is 0 Å². The molecule has 7 heteroatoms. The first-order valence-corrected chi connectivity index (χ1v) is 8.06. The Morgan fingerprint density at radius 1 is 1.38 bits per heavy atom. The molecule has 0 aromatic heterocycles. The van der Waals surface area contributed by atoms with Crippen molar-refractivity contribution >= 4 is 16.0 Å². The number of ether oxygens (including phenoxy) is 1. The normalized spacial score (nSPS) is 19.4. The number of rotatable bonds is 3. The molecule has 0 spiro atoms. The van der Waals surface area contributed by atoms with Crippen LogP contribution < -0.4 is 0 Å². The van der Waals surface area contributed by atoms with Crippen LogP contribution in [0.15, 0.2) is 23.1 Å². The Bertz CT molecular complexity index is 666. The van der Waals surface area contributed by atoms with E-state index in [4.69, 9.17) is 9.84 Å². The molecule has 1 aromatic rings. The van der Waals surface area contributed by atoms with Gasteiger partial charge in [-0.2, -0.15) is 4.31 Å². The number of aromatic carboxylic acids is 1. The highest BCUT2D eigenvalue weighted by Crippen LogP contribution is 2.26. The van der Waals surface area contributed by atoms with Crippen LogP contribution in [0.1, 0.15) is 29.8 Å². The second-order valence-electron chi connectivity index (χ2n) is 5.68. The molecule has 21 heavy (non-hydrogen) atoms. The van der Waals surface area contributed by atoms with Gasteiger partial charge in [0.25, 0.3) is 0 Å². The third-order valence-electron chi connectivity index (χ3n) is 3.52. The highest BCUT2D eigenvalue weighted by molar-refractivity contribution is 7.89. The fourth-order valence-corrected chi connectivity index (χ4v) is 4.26. The van der Waals surface area contributed by atoms with Crippen molar-refractivity contribution in [2.24, 2.45) is 0 Å². The van der Waals surface area contributed by atoms with Gasteiger partial charge in [0.15, 0.2) is 0 Å². The molecule has 1 aliphatic rings. The summed E-state index contributed by atoms with van der Waals surface area (Å²) >= 11 is 0. The number of carbonyl (C=O) groups is 1. The van der Waals surface area contributed by atoms with E-state index in [9.17, 15) is 13.2 Å². The highest BCUT2D eigenvalue weighted by Gasteiger charge is 2.36. The largest absolute Gasteiger partial charge is 0.478 e. The number of morpholine rings is 1. The second-order valence-corrected chi connectivity index (χ2v) is 7.59. The van der Waals surface area contributed by atoms with Crippen molar-refractivity contribution in [1.82, 2.24) is 4.31 Å². The van der Waals surface area contributed by atoms with E-state index in [0.29, 0.717) is 6.61 Å². The quantitative estimate of drug-likeness (QED) is 0.914. The molecule has 116 valence electrons. The molecule has 0 amide bonds. The zero-order valence-corrected chi connectivity index (χ0v) is 13.1. The monoisotopic (exact) mass is 313 g/mol. The third-order valence-corrected chi connectivity index (χ3v) is 5.51. The lowest BCUT2D eigenvalue weighted by Gasteiger charge is -2.37. The predicted octanol–water partition coefficient (Wildman–Crippen LogP) is 1.49. The van der Waals surface area contributed by atoms with Crippen LogP contribution in [0.2, 0.25) is 0 Å². The smallest absolute Gasteiger partial charge is 0.335 e. The van der Waals surface area contributed by atoms with Crippen LogP contribution in [-0.2, 0) is 14.8 Å². The average molecular weight is 313 g/mol. The lowest BCUT2D eigenvalue weighted by atomic mass is 10.1. The van der Waals surface area contributed by atoms with E-state index >= 15 is 0 Å². The van der Waals surface area contributed by atoms with Crippen molar-refractivity contribution in [2.45, 2.75) is 31.3 Å². The van der Waals surface area contributed by atoms with E-state index < -0.39 is 21.6 Å². The van der Waals surface area contributed by atoms with Gasteiger partial charge in [-0.15, -0.1) is 0 Å². The van der Waals surface area contributed by atoms with Crippen LogP contribution in [0.5, 0.6) is 0 Å². The van der Waals surface area contributed by atoms with E-state index in [1.54, 1.807) is 0 Å². The predicted molar refractivity (Wildman–Crippen MR) is 76.9 cm³/mol. The number of hydrogen-bond acceptors (Lipinski definition) is 4. The standard InChI is InChI=1S/C14H19NO5S/c1-10-11(13(16)17)5-4-6-12(10)21(18,19)15-7-8-20-14(2,3)9-15/h4-6H,7-9H2,1-3H3,(H,16,17). The number of hydrogen-bond donors (Lipinski definition) is 1. The van der Waals surface area contributed by atoms with Crippen LogP contribution >= 0.6 is 0 Å². The van der Waals surface area contributed by atoms with Crippen molar-refractivity contribution in [3.63, 3.8) is 0 Å². The molecule has 1 fully saturated rings. The first-order chi connectivity index (χ1) is 9.65. The lowest BCUT2D eigenvalue weighted by molar-refractivity contribution is -0.0640. The third kappa shape index (κ3) is 3.09. The van der Waals surface area contributed by atoms with E-state index in [-0.39, 0.29) is 29.1 Å². The van der Waals surface area contributed by atoms with Gasteiger partial charge >= 0.3 is 5.97 Å². The molecule has 0 atom stereocenters. The maximum absolute atomic E-state index is 12.7. The molecule has 0 radical (unpaired) electrons. The molecule has 2 rings (SSSR count). The molecule has 1 aliphatic heterocycles. The van der Waals surface area contributed by atoms with Gasteiger partial charge < -0.3 is 9.84 Å². The summed E-state index contributed by atoms with van der Waals surface area (Å²) in [5, 5.41) is 9.12. The first-order valence-electron chi connectivity index (χ1n) is 6.62. The molecule has 0 bridgehead atoms. The second kappa shape index (κ2) is 5.40. The van der Waals surface area contributed by atoms with E-state index in [0.717, 1.165) is 0 Å². The van der Waals surface area contributed by atoms with E-state index in [1.807, 2.05) is 13.8 Å². The van der Waals surface area contributed by atoms with E-state index in [2.05, 4.69) is 0 Å². The molecule has 1 heterocycles. The number of carboxylic acid groups (broad SMARTS) is 1. The topological polar surface area (TPSA) is 83.9 Å². The Morgan fingerprint density at radius 3 is 2.62 bits per heavy atom. The van der Waals surface area contributed by atoms with Crippen LogP contribution in [0.25, 0.3) is 0 Å². The summed E-state index contributed by atoms with van der Waals surface area (Å²) in [6, 6.07) is 4.30. The molecule has 6 nitrogen and oxygen atoms in total. The lowest BCUT2D eigenvalue weighted by Crippen LogP contribution is -2.50. The number of benzene rings is 1. The van der Waals surface area contributed by atoms with Gasteiger partial charge in [-0.25, -0.2) is 13.2 Å². The van der Waals surface area contributed by atoms with Gasteiger partial charge in [-0.3, -0.25) is 0 Å². The van der Waals surface area contributed by atoms with Crippen molar-refractivity contribution in [3.8, 4) is 0 Å².